The molecule has 0 saturated heterocycles. The number of nitrogens with zero attached hydrogens (tertiary/aromatic N) is 1. The number of para-hydroxylation sites is 2. The minimum atomic E-state index is -0.494. The Balaban J connectivity index is 1.40. The van der Waals surface area contributed by atoms with Gasteiger partial charge in [-0.2, -0.15) is 0 Å². The van der Waals surface area contributed by atoms with Crippen molar-refractivity contribution in [3.8, 4) is 11.5 Å². The fourth-order valence-corrected chi connectivity index (χ4v) is 2.83. The smallest absolute Gasteiger partial charge is 0.306 e. The lowest BCUT2D eigenvalue weighted by Gasteiger charge is -2.28. The normalized spacial score (nSPS) is 12.6. The fraction of sp³-hybridized carbons (Fsp3) is 0.286. The minimum absolute atomic E-state index is 0.108. The second-order valence-corrected chi connectivity index (χ2v) is 6.33. The van der Waals surface area contributed by atoms with Gasteiger partial charge in [0.15, 0.2) is 6.61 Å². The highest BCUT2D eigenvalue weighted by molar-refractivity contribution is 6.10. The van der Waals surface area contributed by atoms with E-state index in [9.17, 15) is 14.4 Å². The number of rotatable bonds is 8. The van der Waals surface area contributed by atoms with Crippen LogP contribution in [-0.4, -0.2) is 44.7 Å². The summed E-state index contributed by atoms with van der Waals surface area (Å²) in [5.74, 6) is 0.177. The van der Waals surface area contributed by atoms with Crippen molar-refractivity contribution in [3.05, 3.63) is 48.5 Å². The molecule has 1 aliphatic heterocycles. The number of carbonyl (C=O) groups is 3. The van der Waals surface area contributed by atoms with Crippen LogP contribution in [0.2, 0.25) is 0 Å². The van der Waals surface area contributed by atoms with Crippen molar-refractivity contribution in [1.82, 2.24) is 0 Å². The predicted octanol–water partition coefficient (Wildman–Crippen LogP) is 2.38. The van der Waals surface area contributed by atoms with Crippen LogP contribution in [0.5, 0.6) is 11.5 Å². The number of hydrogen-bond acceptors (Lipinski definition) is 6. The highest BCUT2D eigenvalue weighted by Gasteiger charge is 2.27. The number of nitrogens with one attached hydrogen (secondary N) is 1. The summed E-state index contributed by atoms with van der Waals surface area (Å²) in [6.07, 6.45) is 0.578. The highest BCUT2D eigenvalue weighted by atomic mass is 16.5. The van der Waals surface area contributed by atoms with Crippen molar-refractivity contribution in [2.24, 2.45) is 0 Å². The van der Waals surface area contributed by atoms with E-state index in [2.05, 4.69) is 5.32 Å². The first kappa shape index (κ1) is 20.2. The van der Waals surface area contributed by atoms with Crippen LogP contribution in [0.4, 0.5) is 11.4 Å². The summed E-state index contributed by atoms with van der Waals surface area (Å²) in [7, 11) is 1.59. The molecule has 0 bridgehead atoms. The molecule has 152 valence electrons. The summed E-state index contributed by atoms with van der Waals surface area (Å²) in [6, 6.07) is 14.1. The number of hydrogen-bond donors (Lipinski definition) is 1. The van der Waals surface area contributed by atoms with Crippen molar-refractivity contribution < 1.29 is 28.6 Å². The van der Waals surface area contributed by atoms with E-state index in [1.165, 1.54) is 4.90 Å². The zero-order chi connectivity index (χ0) is 20.6. The van der Waals surface area contributed by atoms with Gasteiger partial charge in [-0.3, -0.25) is 19.3 Å². The molecule has 8 nitrogen and oxygen atoms in total. The molecule has 0 aliphatic carbocycles. The number of carbonyl (C=O) groups excluding carboxylic acids is 3. The van der Waals surface area contributed by atoms with Crippen molar-refractivity contribution in [2.45, 2.75) is 12.8 Å². The average Bonchev–Trinajstić information content (AvgIpc) is 2.74. The van der Waals surface area contributed by atoms with E-state index in [1.54, 1.807) is 55.6 Å². The molecule has 3 rings (SSSR count). The van der Waals surface area contributed by atoms with E-state index >= 15 is 0 Å². The van der Waals surface area contributed by atoms with Crippen LogP contribution < -0.4 is 19.7 Å². The molecule has 2 amide bonds. The summed E-state index contributed by atoms with van der Waals surface area (Å²) in [4.78, 5) is 37.4. The lowest BCUT2D eigenvalue weighted by molar-refractivity contribution is -0.148. The van der Waals surface area contributed by atoms with E-state index < -0.39 is 18.5 Å². The molecule has 1 N–H and O–H groups in total. The second kappa shape index (κ2) is 9.59. The topological polar surface area (TPSA) is 94.2 Å². The van der Waals surface area contributed by atoms with Gasteiger partial charge in [-0.25, -0.2) is 0 Å². The van der Waals surface area contributed by atoms with Crippen LogP contribution in [0.3, 0.4) is 0 Å². The van der Waals surface area contributed by atoms with E-state index in [0.717, 1.165) is 5.75 Å². The standard InChI is InChI=1S/C21H22N2O6/c1-27-15-8-10-16(11-9-15)28-12-4-7-21(26)29-14-20(25)23-13-19(24)22-17-5-2-3-6-18(17)23/h2-3,5-6,8-11H,4,7,12-14H2,1H3,(H,22,24). The Kier molecular flexibility index (Phi) is 6.67. The zero-order valence-electron chi connectivity index (χ0n) is 16.1. The molecule has 2 aromatic carbocycles. The molecule has 0 unspecified atom stereocenters. The van der Waals surface area contributed by atoms with Gasteiger partial charge in [0.05, 0.1) is 25.1 Å². The van der Waals surface area contributed by atoms with Crippen molar-refractivity contribution in [3.63, 3.8) is 0 Å². The van der Waals surface area contributed by atoms with Crippen molar-refractivity contribution in [1.29, 1.82) is 0 Å². The maximum absolute atomic E-state index is 12.4. The summed E-state index contributed by atoms with van der Waals surface area (Å²) in [5, 5.41) is 2.70. The maximum Gasteiger partial charge on any atom is 0.306 e. The zero-order valence-corrected chi connectivity index (χ0v) is 16.1. The first-order valence-corrected chi connectivity index (χ1v) is 9.18. The maximum atomic E-state index is 12.4. The van der Waals surface area contributed by atoms with E-state index in [1.807, 2.05) is 0 Å². The fourth-order valence-electron chi connectivity index (χ4n) is 2.83. The van der Waals surface area contributed by atoms with Crippen LogP contribution in [0.15, 0.2) is 48.5 Å². The van der Waals surface area contributed by atoms with Crippen molar-refractivity contribution >= 4 is 29.2 Å². The summed E-state index contributed by atoms with van der Waals surface area (Å²) < 4.78 is 15.7. The average molecular weight is 398 g/mol. The molecule has 0 aromatic heterocycles. The lowest BCUT2D eigenvalue weighted by atomic mass is 10.2. The monoisotopic (exact) mass is 398 g/mol. The van der Waals surface area contributed by atoms with Crippen molar-refractivity contribution in [2.75, 3.05) is 37.1 Å². The first-order chi connectivity index (χ1) is 14.1. The molecule has 0 saturated carbocycles. The van der Waals surface area contributed by atoms with Gasteiger partial charge >= 0.3 is 5.97 Å². The van der Waals surface area contributed by atoms with Crippen LogP contribution in [-0.2, 0) is 19.1 Å². The van der Waals surface area contributed by atoms with Gasteiger partial charge in [-0.15, -0.1) is 0 Å². The molecule has 29 heavy (non-hydrogen) atoms. The molecule has 0 atom stereocenters. The SMILES string of the molecule is COc1ccc(OCCCC(=O)OCC(=O)N2CC(=O)Nc3ccccc32)cc1. The third kappa shape index (κ3) is 5.47. The third-order valence-electron chi connectivity index (χ3n) is 4.28. The van der Waals surface area contributed by atoms with Gasteiger partial charge in [0, 0.05) is 6.42 Å². The molecular formula is C21H22N2O6. The summed E-state index contributed by atoms with van der Waals surface area (Å²) in [6.45, 7) is -0.183. The first-order valence-electron chi connectivity index (χ1n) is 9.18. The van der Waals surface area contributed by atoms with Crippen LogP contribution in [0.1, 0.15) is 12.8 Å². The van der Waals surface area contributed by atoms with E-state index in [4.69, 9.17) is 14.2 Å². The number of ether oxygens (including phenoxy) is 3. The van der Waals surface area contributed by atoms with E-state index in [-0.39, 0.29) is 18.9 Å². The Hall–Kier alpha value is -3.55. The van der Waals surface area contributed by atoms with Gasteiger partial charge in [-0.05, 0) is 42.8 Å². The lowest BCUT2D eigenvalue weighted by Crippen LogP contribution is -2.44. The number of anilines is 2. The second-order valence-electron chi connectivity index (χ2n) is 6.33. The molecule has 0 radical (unpaired) electrons. The van der Waals surface area contributed by atoms with Gasteiger partial charge in [0.1, 0.15) is 18.0 Å². The number of esters is 1. The molecule has 8 heteroatoms. The van der Waals surface area contributed by atoms with Gasteiger partial charge < -0.3 is 19.5 Å². The Morgan fingerprint density at radius 1 is 1.07 bits per heavy atom. The Morgan fingerprint density at radius 3 is 2.55 bits per heavy atom. The van der Waals surface area contributed by atoms with E-state index in [0.29, 0.717) is 30.2 Å². The predicted molar refractivity (Wildman–Crippen MR) is 106 cm³/mol. The van der Waals surface area contributed by atoms with Gasteiger partial charge in [0.25, 0.3) is 5.91 Å². The quantitative estimate of drug-likeness (QED) is 0.542. The Bertz CT molecular complexity index is 881. The minimum Gasteiger partial charge on any atom is -0.497 e. The molecule has 0 spiro atoms. The largest absolute Gasteiger partial charge is 0.497 e. The molecule has 1 aliphatic rings. The third-order valence-corrected chi connectivity index (χ3v) is 4.28. The highest BCUT2D eigenvalue weighted by Crippen LogP contribution is 2.28. The Labute approximate surface area is 168 Å². The number of methoxy groups -OCH3 is 1. The molecule has 2 aromatic rings. The number of fused-ring (bicyclic) bond motifs is 1. The van der Waals surface area contributed by atoms with Crippen LogP contribution in [0.25, 0.3) is 0 Å². The summed E-state index contributed by atoms with van der Waals surface area (Å²) >= 11 is 0. The van der Waals surface area contributed by atoms with Gasteiger partial charge in [0.2, 0.25) is 5.91 Å². The molecule has 0 fully saturated rings. The van der Waals surface area contributed by atoms with Crippen LogP contribution >= 0.6 is 0 Å². The van der Waals surface area contributed by atoms with Crippen LogP contribution in [0, 0.1) is 0 Å². The molecular weight excluding hydrogens is 376 g/mol. The number of benzene rings is 2. The molecule has 1 heterocycles. The summed E-state index contributed by atoms with van der Waals surface area (Å²) in [5.41, 5.74) is 1.14. The number of amides is 2. The Morgan fingerprint density at radius 2 is 1.79 bits per heavy atom. The van der Waals surface area contributed by atoms with Gasteiger partial charge in [-0.1, -0.05) is 12.1 Å².